The van der Waals surface area contributed by atoms with E-state index in [1.807, 2.05) is 24.3 Å². The Morgan fingerprint density at radius 1 is 0.926 bits per heavy atom. The van der Waals surface area contributed by atoms with Crippen LogP contribution in [0.3, 0.4) is 0 Å². The van der Waals surface area contributed by atoms with Gasteiger partial charge in [0, 0.05) is 6.54 Å². The van der Waals surface area contributed by atoms with Gasteiger partial charge in [0.25, 0.3) is 0 Å². The Morgan fingerprint density at radius 2 is 1.52 bits per heavy atom. The summed E-state index contributed by atoms with van der Waals surface area (Å²) in [6.07, 6.45) is -0.374. The molecule has 1 aliphatic heterocycles. The summed E-state index contributed by atoms with van der Waals surface area (Å²) in [5.74, 6) is 2.33. The minimum atomic E-state index is -0.977. The second-order valence-electron chi connectivity index (χ2n) is 6.15. The standard InChI is InChI=1S/C20H23NO6/c1-24-15-6-5-13(10-16(15)25-2)19-14-11-18(27-4)17(26-3)9-12(14)7-8-21(19)20(22)23/h5-6,9-11,19H,7-8H2,1-4H3,(H,22,23). The van der Waals surface area contributed by atoms with E-state index in [2.05, 4.69) is 0 Å². The molecule has 7 nitrogen and oxygen atoms in total. The van der Waals surface area contributed by atoms with Crippen LogP contribution in [-0.4, -0.2) is 51.1 Å². The summed E-state index contributed by atoms with van der Waals surface area (Å²) in [5, 5.41) is 9.76. The summed E-state index contributed by atoms with van der Waals surface area (Å²) < 4.78 is 21.5. The summed E-state index contributed by atoms with van der Waals surface area (Å²) >= 11 is 0. The topological polar surface area (TPSA) is 77.5 Å². The first-order valence-corrected chi connectivity index (χ1v) is 8.50. The van der Waals surface area contributed by atoms with Crippen LogP contribution in [0.4, 0.5) is 4.79 Å². The first-order valence-electron chi connectivity index (χ1n) is 8.50. The van der Waals surface area contributed by atoms with E-state index in [9.17, 15) is 9.90 Å². The number of benzene rings is 2. The lowest BCUT2D eigenvalue weighted by molar-refractivity contribution is 0.129. The molecular formula is C20H23NO6. The second-order valence-corrected chi connectivity index (χ2v) is 6.15. The third kappa shape index (κ3) is 3.32. The van der Waals surface area contributed by atoms with Crippen LogP contribution >= 0.6 is 0 Å². The molecular weight excluding hydrogens is 350 g/mol. The lowest BCUT2D eigenvalue weighted by atomic mass is 9.87. The molecule has 0 spiro atoms. The highest BCUT2D eigenvalue weighted by atomic mass is 16.5. The van der Waals surface area contributed by atoms with Crippen molar-refractivity contribution in [3.05, 3.63) is 47.0 Å². The van der Waals surface area contributed by atoms with Gasteiger partial charge in [-0.3, -0.25) is 4.90 Å². The Bertz CT molecular complexity index is 851. The molecule has 1 amide bonds. The Kier molecular flexibility index (Phi) is 5.30. The van der Waals surface area contributed by atoms with Crippen molar-refractivity contribution in [3.63, 3.8) is 0 Å². The van der Waals surface area contributed by atoms with E-state index in [1.54, 1.807) is 34.5 Å². The van der Waals surface area contributed by atoms with E-state index >= 15 is 0 Å². The lowest BCUT2D eigenvalue weighted by Crippen LogP contribution is -2.39. The smallest absolute Gasteiger partial charge is 0.408 e. The van der Waals surface area contributed by atoms with Gasteiger partial charge in [-0.25, -0.2) is 4.79 Å². The first-order chi connectivity index (χ1) is 13.0. The Hall–Kier alpha value is -3.09. The number of hydrogen-bond donors (Lipinski definition) is 1. The van der Waals surface area contributed by atoms with E-state index in [1.165, 1.54) is 4.90 Å². The number of methoxy groups -OCH3 is 4. The maximum Gasteiger partial charge on any atom is 0.408 e. The molecule has 0 fully saturated rings. The van der Waals surface area contributed by atoms with Crippen molar-refractivity contribution in [1.82, 2.24) is 4.90 Å². The van der Waals surface area contributed by atoms with Crippen LogP contribution in [-0.2, 0) is 6.42 Å². The summed E-state index contributed by atoms with van der Waals surface area (Å²) in [4.78, 5) is 13.3. The molecule has 1 N–H and O–H groups in total. The Morgan fingerprint density at radius 3 is 2.11 bits per heavy atom. The number of carbonyl (C=O) groups is 1. The molecule has 0 saturated carbocycles. The number of nitrogens with zero attached hydrogens (tertiary/aromatic N) is 1. The van der Waals surface area contributed by atoms with E-state index in [0.29, 0.717) is 36.0 Å². The van der Waals surface area contributed by atoms with Crippen molar-refractivity contribution in [2.24, 2.45) is 0 Å². The van der Waals surface area contributed by atoms with Gasteiger partial charge >= 0.3 is 6.09 Å². The summed E-state index contributed by atoms with van der Waals surface area (Å²) in [6.45, 7) is 0.386. The first kappa shape index (κ1) is 18.7. The largest absolute Gasteiger partial charge is 0.493 e. The van der Waals surface area contributed by atoms with E-state index in [-0.39, 0.29) is 0 Å². The number of fused-ring (bicyclic) bond motifs is 1. The highest BCUT2D eigenvalue weighted by molar-refractivity contribution is 5.68. The fraction of sp³-hybridized carbons (Fsp3) is 0.350. The lowest BCUT2D eigenvalue weighted by Gasteiger charge is -2.36. The van der Waals surface area contributed by atoms with Gasteiger partial charge in [-0.1, -0.05) is 6.07 Å². The van der Waals surface area contributed by atoms with Gasteiger partial charge in [0.2, 0.25) is 0 Å². The van der Waals surface area contributed by atoms with E-state index < -0.39 is 12.1 Å². The van der Waals surface area contributed by atoms with Crippen molar-refractivity contribution in [2.45, 2.75) is 12.5 Å². The van der Waals surface area contributed by atoms with Crippen LogP contribution < -0.4 is 18.9 Å². The molecule has 3 rings (SSSR count). The fourth-order valence-electron chi connectivity index (χ4n) is 3.53. The zero-order valence-corrected chi connectivity index (χ0v) is 15.8. The van der Waals surface area contributed by atoms with Crippen molar-refractivity contribution < 1.29 is 28.8 Å². The van der Waals surface area contributed by atoms with Crippen LogP contribution in [0.1, 0.15) is 22.7 Å². The molecule has 144 valence electrons. The molecule has 1 unspecified atom stereocenters. The minimum absolute atomic E-state index is 0.386. The van der Waals surface area contributed by atoms with Gasteiger partial charge in [-0.05, 0) is 47.4 Å². The maximum absolute atomic E-state index is 11.9. The fourth-order valence-corrected chi connectivity index (χ4v) is 3.53. The highest BCUT2D eigenvalue weighted by Gasteiger charge is 2.33. The number of hydrogen-bond acceptors (Lipinski definition) is 5. The van der Waals surface area contributed by atoms with Gasteiger partial charge in [0.15, 0.2) is 23.0 Å². The van der Waals surface area contributed by atoms with Crippen LogP contribution in [0, 0.1) is 0 Å². The minimum Gasteiger partial charge on any atom is -0.493 e. The van der Waals surface area contributed by atoms with Crippen molar-refractivity contribution in [1.29, 1.82) is 0 Å². The zero-order valence-electron chi connectivity index (χ0n) is 15.8. The average molecular weight is 373 g/mol. The van der Waals surface area contributed by atoms with E-state index in [4.69, 9.17) is 18.9 Å². The molecule has 2 aromatic rings. The molecule has 0 aliphatic carbocycles. The third-order valence-electron chi connectivity index (χ3n) is 4.84. The van der Waals surface area contributed by atoms with Crippen LogP contribution in [0.25, 0.3) is 0 Å². The average Bonchev–Trinajstić information content (AvgIpc) is 2.70. The quantitative estimate of drug-likeness (QED) is 0.866. The molecule has 1 aliphatic rings. The second kappa shape index (κ2) is 7.65. The van der Waals surface area contributed by atoms with Crippen LogP contribution in [0.2, 0.25) is 0 Å². The predicted molar refractivity (Wildman–Crippen MR) is 99.4 cm³/mol. The molecule has 7 heteroatoms. The van der Waals surface area contributed by atoms with Gasteiger partial charge in [0.05, 0.1) is 34.5 Å². The van der Waals surface area contributed by atoms with Crippen molar-refractivity contribution in [3.8, 4) is 23.0 Å². The van der Waals surface area contributed by atoms with Crippen molar-refractivity contribution >= 4 is 6.09 Å². The number of amides is 1. The molecule has 0 bridgehead atoms. The monoisotopic (exact) mass is 373 g/mol. The molecule has 27 heavy (non-hydrogen) atoms. The molecule has 0 saturated heterocycles. The molecule has 0 radical (unpaired) electrons. The van der Waals surface area contributed by atoms with Gasteiger partial charge < -0.3 is 24.1 Å². The highest BCUT2D eigenvalue weighted by Crippen LogP contribution is 2.42. The van der Waals surface area contributed by atoms with Gasteiger partial charge in [-0.2, -0.15) is 0 Å². The Balaban J connectivity index is 2.18. The molecule has 2 aromatic carbocycles. The maximum atomic E-state index is 11.9. The van der Waals surface area contributed by atoms with Gasteiger partial charge in [0.1, 0.15) is 0 Å². The zero-order chi connectivity index (χ0) is 19.6. The predicted octanol–water partition coefficient (Wildman–Crippen LogP) is 3.35. The molecule has 1 heterocycles. The third-order valence-corrected chi connectivity index (χ3v) is 4.84. The Labute approximate surface area is 158 Å². The van der Waals surface area contributed by atoms with E-state index in [0.717, 1.165) is 16.7 Å². The number of ether oxygens (including phenoxy) is 4. The SMILES string of the molecule is COc1ccc(C2c3cc(OC)c(OC)cc3CCN2C(=O)O)cc1OC. The number of carboxylic acid groups (broad SMARTS) is 1. The van der Waals surface area contributed by atoms with Gasteiger partial charge in [-0.15, -0.1) is 0 Å². The van der Waals surface area contributed by atoms with Crippen molar-refractivity contribution in [2.75, 3.05) is 35.0 Å². The van der Waals surface area contributed by atoms with Crippen LogP contribution in [0.15, 0.2) is 30.3 Å². The summed E-state index contributed by atoms with van der Waals surface area (Å²) in [7, 11) is 6.27. The normalized spacial score (nSPS) is 15.7. The summed E-state index contributed by atoms with van der Waals surface area (Å²) in [5.41, 5.74) is 2.70. The molecule has 0 aromatic heterocycles. The van der Waals surface area contributed by atoms with Crippen LogP contribution in [0.5, 0.6) is 23.0 Å². The summed E-state index contributed by atoms with van der Waals surface area (Å²) in [6, 6.07) is 8.74. The number of rotatable bonds is 5. The molecule has 1 atom stereocenters.